The molecule has 0 saturated carbocycles. The second-order valence-corrected chi connectivity index (χ2v) is 9.77. The van der Waals surface area contributed by atoms with Crippen LogP contribution >= 0.6 is 39.5 Å². The number of benzene rings is 1. The lowest BCUT2D eigenvalue weighted by Gasteiger charge is -2.42. The van der Waals surface area contributed by atoms with Crippen LogP contribution in [0.5, 0.6) is 0 Å². The molecule has 2 rings (SSSR count). The molecule has 104 valence electrons. The van der Waals surface area contributed by atoms with Crippen LogP contribution in [-0.2, 0) is 4.08 Å². The number of thioether (sulfide) groups is 2. The van der Waals surface area contributed by atoms with E-state index in [0.717, 1.165) is 10.4 Å². The Hall–Kier alpha value is 0.140. The topological polar surface area (TPSA) is 0 Å². The van der Waals surface area contributed by atoms with Crippen LogP contribution in [-0.4, -0.2) is 11.5 Å². The van der Waals surface area contributed by atoms with Crippen LogP contribution in [0, 0.1) is 11.3 Å². The van der Waals surface area contributed by atoms with E-state index in [1.807, 2.05) is 23.5 Å². The van der Waals surface area contributed by atoms with Gasteiger partial charge in [-0.3, -0.25) is 0 Å². The van der Waals surface area contributed by atoms with Crippen LogP contribution in [0.3, 0.4) is 0 Å². The first-order valence-corrected chi connectivity index (χ1v) is 9.31. The Kier molecular flexibility index (Phi) is 4.79. The summed E-state index contributed by atoms with van der Waals surface area (Å²) in [5.41, 5.74) is 1.75. The molecular weight excluding hydrogens is 336 g/mol. The van der Waals surface area contributed by atoms with Crippen LogP contribution < -0.4 is 0 Å². The summed E-state index contributed by atoms with van der Waals surface area (Å²) in [5.74, 6) is 3.18. The summed E-state index contributed by atoms with van der Waals surface area (Å²) in [4.78, 5) is 0. The van der Waals surface area contributed by atoms with E-state index in [2.05, 4.69) is 73.6 Å². The maximum absolute atomic E-state index is 4.09. The van der Waals surface area contributed by atoms with Crippen LogP contribution in [0.4, 0.5) is 0 Å². The molecule has 0 unspecified atom stereocenters. The normalized spacial score (nSPS) is 28.1. The van der Waals surface area contributed by atoms with Crippen molar-refractivity contribution in [3.8, 4) is 0 Å². The van der Waals surface area contributed by atoms with Gasteiger partial charge in [-0.1, -0.05) is 54.9 Å². The number of hydrogen-bond donors (Lipinski definition) is 0. The maximum Gasteiger partial charge on any atom is 0.104 e. The first-order valence-electron chi connectivity index (χ1n) is 6.55. The summed E-state index contributed by atoms with van der Waals surface area (Å²) in [7, 11) is 0. The zero-order valence-electron chi connectivity index (χ0n) is 11.8. The third-order valence-corrected chi connectivity index (χ3v) is 7.77. The average molecular weight is 357 g/mol. The highest BCUT2D eigenvalue weighted by atomic mass is 79.9. The molecule has 1 saturated heterocycles. The van der Waals surface area contributed by atoms with Gasteiger partial charge in [0.05, 0.1) is 0 Å². The minimum atomic E-state index is 0.0302. The second kappa shape index (κ2) is 5.87. The van der Waals surface area contributed by atoms with Crippen LogP contribution in [0.1, 0.15) is 26.3 Å². The summed E-state index contributed by atoms with van der Waals surface area (Å²) in [6.45, 7) is 11.1. The molecule has 0 atom stereocenters. The van der Waals surface area contributed by atoms with Gasteiger partial charge in [-0.25, -0.2) is 0 Å². The molecule has 1 aliphatic heterocycles. The molecule has 0 nitrogen and oxygen atoms in total. The fourth-order valence-corrected chi connectivity index (χ4v) is 6.25. The van der Waals surface area contributed by atoms with E-state index in [1.165, 1.54) is 17.1 Å². The van der Waals surface area contributed by atoms with Crippen molar-refractivity contribution in [1.82, 2.24) is 0 Å². The molecule has 0 bridgehead atoms. The molecule has 1 aliphatic rings. The lowest BCUT2D eigenvalue weighted by Crippen LogP contribution is -2.33. The molecule has 1 heterocycles. The van der Waals surface area contributed by atoms with Gasteiger partial charge in [-0.15, -0.1) is 30.1 Å². The van der Waals surface area contributed by atoms with Gasteiger partial charge >= 0.3 is 0 Å². The molecule has 0 radical (unpaired) electrons. The molecule has 19 heavy (non-hydrogen) atoms. The largest absolute Gasteiger partial charge is 0.135 e. The van der Waals surface area contributed by atoms with Gasteiger partial charge in [-0.2, -0.15) is 0 Å². The van der Waals surface area contributed by atoms with Crippen molar-refractivity contribution in [2.24, 2.45) is 11.3 Å². The van der Waals surface area contributed by atoms with Crippen LogP contribution in [0.2, 0.25) is 0 Å². The Morgan fingerprint density at radius 1 is 1.21 bits per heavy atom. The molecule has 0 aliphatic carbocycles. The van der Waals surface area contributed by atoms with E-state index in [4.69, 9.17) is 0 Å². The van der Waals surface area contributed by atoms with E-state index in [9.17, 15) is 0 Å². The number of halogens is 1. The Labute approximate surface area is 133 Å². The lowest BCUT2D eigenvalue weighted by molar-refractivity contribution is 0.292. The highest BCUT2D eigenvalue weighted by Crippen LogP contribution is 2.54. The van der Waals surface area contributed by atoms with E-state index in [-0.39, 0.29) is 4.08 Å². The molecular formula is C16H21BrS2. The second-order valence-electron chi connectivity index (χ2n) is 6.06. The summed E-state index contributed by atoms with van der Waals surface area (Å²) in [5, 5.41) is 0. The van der Waals surface area contributed by atoms with Crippen molar-refractivity contribution in [3.05, 3.63) is 47.0 Å². The third kappa shape index (κ3) is 3.43. The Morgan fingerprint density at radius 2 is 1.74 bits per heavy atom. The lowest BCUT2D eigenvalue weighted by atomic mass is 9.83. The first kappa shape index (κ1) is 15.5. The molecule has 0 aromatic heterocycles. The van der Waals surface area contributed by atoms with Crippen molar-refractivity contribution in [2.75, 3.05) is 11.5 Å². The van der Waals surface area contributed by atoms with Gasteiger partial charge < -0.3 is 0 Å². The van der Waals surface area contributed by atoms with Gasteiger partial charge in [0.2, 0.25) is 0 Å². The molecule has 0 amide bonds. The quantitative estimate of drug-likeness (QED) is 0.602. The summed E-state index contributed by atoms with van der Waals surface area (Å²) in [6, 6.07) is 8.67. The molecule has 1 fully saturated rings. The average Bonchev–Trinajstić information content (AvgIpc) is 2.38. The van der Waals surface area contributed by atoms with E-state index in [0.29, 0.717) is 5.41 Å². The first-order chi connectivity index (χ1) is 8.87. The molecule has 1 aromatic carbocycles. The van der Waals surface area contributed by atoms with E-state index >= 15 is 0 Å². The fourth-order valence-electron chi connectivity index (χ4n) is 2.12. The monoisotopic (exact) mass is 356 g/mol. The number of hydrogen-bond acceptors (Lipinski definition) is 2. The third-order valence-electron chi connectivity index (χ3n) is 3.74. The summed E-state index contributed by atoms with van der Waals surface area (Å²) < 4.78 is 1.16. The predicted octanol–water partition coefficient (Wildman–Crippen LogP) is 5.93. The molecule has 0 N–H and O–H groups in total. The molecule has 3 heteroatoms. The van der Waals surface area contributed by atoms with Crippen LogP contribution in [0.15, 0.2) is 41.4 Å². The number of rotatable bonds is 2. The zero-order valence-corrected chi connectivity index (χ0v) is 15.0. The molecule has 0 spiro atoms. The Balaban J connectivity index is 2.19. The van der Waals surface area contributed by atoms with Gasteiger partial charge in [0.1, 0.15) is 4.08 Å². The van der Waals surface area contributed by atoms with Crippen LogP contribution in [0.25, 0.3) is 0 Å². The maximum atomic E-state index is 4.09. The summed E-state index contributed by atoms with van der Waals surface area (Å²) in [6.07, 6.45) is 2.12. The van der Waals surface area contributed by atoms with Gasteiger partial charge in [-0.05, 0) is 40.5 Å². The fraction of sp³-hybridized carbons (Fsp3) is 0.500. The summed E-state index contributed by atoms with van der Waals surface area (Å²) >= 11 is 7.57. The molecule has 1 aromatic rings. The minimum Gasteiger partial charge on any atom is -0.135 e. The Morgan fingerprint density at radius 3 is 2.16 bits per heavy atom. The minimum absolute atomic E-state index is 0.0302. The predicted molar refractivity (Wildman–Crippen MR) is 93.9 cm³/mol. The van der Waals surface area contributed by atoms with Crippen molar-refractivity contribution in [2.45, 2.75) is 24.9 Å². The SMILES string of the molecule is C=CC1(c2ccc(Br)cc2)SCC(C(C)(C)C)CS1. The Bertz CT molecular complexity index is 437. The van der Waals surface area contributed by atoms with E-state index < -0.39 is 0 Å². The van der Waals surface area contributed by atoms with Gasteiger partial charge in [0.25, 0.3) is 0 Å². The smallest absolute Gasteiger partial charge is 0.104 e. The van der Waals surface area contributed by atoms with Crippen molar-refractivity contribution in [3.63, 3.8) is 0 Å². The zero-order chi connectivity index (χ0) is 14.1. The highest BCUT2D eigenvalue weighted by Gasteiger charge is 2.39. The van der Waals surface area contributed by atoms with Crippen molar-refractivity contribution >= 4 is 39.5 Å². The van der Waals surface area contributed by atoms with E-state index in [1.54, 1.807) is 0 Å². The van der Waals surface area contributed by atoms with Gasteiger partial charge in [0.15, 0.2) is 0 Å². The van der Waals surface area contributed by atoms with Gasteiger partial charge in [0, 0.05) is 4.47 Å². The van der Waals surface area contributed by atoms with Crippen molar-refractivity contribution < 1.29 is 0 Å². The van der Waals surface area contributed by atoms with Crippen molar-refractivity contribution in [1.29, 1.82) is 0 Å². The highest BCUT2D eigenvalue weighted by molar-refractivity contribution is 9.10. The standard InChI is InChI=1S/C16H21BrS2/c1-5-16(12-6-8-14(17)9-7-12)18-10-13(11-19-16)15(2,3)4/h5-9,13H,1,10-11H2,2-4H3.